The molecule has 2 aromatic rings. The van der Waals surface area contributed by atoms with Crippen LogP contribution in [0.1, 0.15) is 51.8 Å². The molecule has 1 aromatic carbocycles. The van der Waals surface area contributed by atoms with Gasteiger partial charge < -0.3 is 14.7 Å². The van der Waals surface area contributed by atoms with E-state index in [1.807, 2.05) is 0 Å². The van der Waals surface area contributed by atoms with Gasteiger partial charge in [-0.1, -0.05) is 36.2 Å². The molecule has 4 rings (SSSR count). The Balaban J connectivity index is 1.69. The van der Waals surface area contributed by atoms with E-state index in [0.29, 0.717) is 37.4 Å². The van der Waals surface area contributed by atoms with Crippen LogP contribution in [0, 0.1) is 0 Å². The number of aliphatic hydroxyl groups excluding tert-OH is 1. The highest BCUT2D eigenvalue weighted by Gasteiger charge is 2.36. The van der Waals surface area contributed by atoms with Crippen LogP contribution in [0.4, 0.5) is 13.2 Å². The van der Waals surface area contributed by atoms with Crippen LogP contribution in [0.25, 0.3) is 6.08 Å². The molecule has 1 amide bonds. The van der Waals surface area contributed by atoms with Crippen molar-refractivity contribution in [3.8, 4) is 0 Å². The summed E-state index contributed by atoms with van der Waals surface area (Å²) < 4.78 is 44.4. The van der Waals surface area contributed by atoms with Gasteiger partial charge in [0.05, 0.1) is 29.5 Å². The third-order valence-electron chi connectivity index (χ3n) is 5.76. The third kappa shape index (κ3) is 4.12. The summed E-state index contributed by atoms with van der Waals surface area (Å²) in [6, 6.07) is 5.25. The minimum absolute atomic E-state index is 0.00878. The van der Waals surface area contributed by atoms with Crippen LogP contribution in [0.2, 0.25) is 10.0 Å². The van der Waals surface area contributed by atoms with E-state index in [-0.39, 0.29) is 32.8 Å². The Kier molecular flexibility index (Phi) is 6.24. The molecule has 170 valence electrons. The van der Waals surface area contributed by atoms with Crippen molar-refractivity contribution in [2.24, 2.45) is 0 Å². The van der Waals surface area contributed by atoms with Crippen LogP contribution >= 0.6 is 23.2 Å². The van der Waals surface area contributed by atoms with E-state index in [1.165, 1.54) is 24.3 Å². The lowest BCUT2D eigenvalue weighted by molar-refractivity contribution is -0.141. The summed E-state index contributed by atoms with van der Waals surface area (Å²) in [5.41, 5.74) is 0.396. The molecule has 2 atom stereocenters. The van der Waals surface area contributed by atoms with Crippen molar-refractivity contribution in [2.45, 2.75) is 25.1 Å². The molecule has 0 radical (unpaired) electrons. The molecule has 1 saturated heterocycles. The van der Waals surface area contributed by atoms with E-state index in [9.17, 15) is 23.1 Å². The maximum atomic E-state index is 13.0. The Bertz CT molecular complexity index is 1100. The summed E-state index contributed by atoms with van der Waals surface area (Å²) in [5, 5.41) is 11.3. The van der Waals surface area contributed by atoms with Crippen molar-refractivity contribution >= 4 is 35.2 Å². The number of benzene rings is 1. The first-order valence-corrected chi connectivity index (χ1v) is 10.7. The van der Waals surface area contributed by atoms with Crippen LogP contribution in [-0.2, 0) is 10.9 Å². The largest absolute Gasteiger partial charge is 0.433 e. The Hall–Kier alpha value is -2.13. The third-order valence-corrected chi connectivity index (χ3v) is 6.50. The number of nitrogens with zero attached hydrogens (tertiary/aromatic N) is 2. The number of aromatic nitrogens is 1. The van der Waals surface area contributed by atoms with Gasteiger partial charge in [0.1, 0.15) is 11.8 Å². The first-order chi connectivity index (χ1) is 15.1. The van der Waals surface area contributed by atoms with E-state index >= 15 is 0 Å². The number of pyridine rings is 1. The van der Waals surface area contributed by atoms with E-state index in [4.69, 9.17) is 27.9 Å². The number of halogens is 5. The number of carbonyl (C=O) groups excluding carboxylic acids is 1. The van der Waals surface area contributed by atoms with Crippen molar-refractivity contribution in [3.63, 3.8) is 0 Å². The van der Waals surface area contributed by atoms with Gasteiger partial charge in [-0.15, -0.1) is 0 Å². The predicted octanol–water partition coefficient (Wildman–Crippen LogP) is 5.11. The topological polar surface area (TPSA) is 62.7 Å². The number of hydrogen-bond donors (Lipinski definition) is 1. The van der Waals surface area contributed by atoms with Crippen LogP contribution in [0.15, 0.2) is 29.8 Å². The van der Waals surface area contributed by atoms with Crippen LogP contribution in [0.5, 0.6) is 0 Å². The first-order valence-electron chi connectivity index (χ1n) is 9.92. The zero-order valence-electron chi connectivity index (χ0n) is 16.9. The monoisotopic (exact) mass is 486 g/mol. The summed E-state index contributed by atoms with van der Waals surface area (Å²) in [4.78, 5) is 18.2. The normalized spacial score (nSPS) is 19.5. The van der Waals surface area contributed by atoms with Crippen molar-refractivity contribution in [2.75, 3.05) is 26.3 Å². The molecule has 0 bridgehead atoms. The van der Waals surface area contributed by atoms with Gasteiger partial charge in [-0.25, -0.2) is 4.98 Å². The minimum atomic E-state index is -4.58. The molecule has 0 spiro atoms. The molecule has 2 heterocycles. The molecular formula is C22H19Cl2F3N2O3. The van der Waals surface area contributed by atoms with Crippen molar-refractivity contribution < 1.29 is 27.8 Å². The fourth-order valence-electron chi connectivity index (χ4n) is 3.99. The van der Waals surface area contributed by atoms with Crippen LogP contribution in [-0.4, -0.2) is 47.2 Å². The Morgan fingerprint density at radius 3 is 2.56 bits per heavy atom. The summed E-state index contributed by atoms with van der Waals surface area (Å²) in [7, 11) is 0. The van der Waals surface area contributed by atoms with Gasteiger partial charge in [-0.3, -0.25) is 4.79 Å². The second-order valence-corrected chi connectivity index (χ2v) is 8.45. The minimum Gasteiger partial charge on any atom is -0.384 e. The van der Waals surface area contributed by atoms with E-state index in [1.54, 1.807) is 11.8 Å². The molecule has 10 heteroatoms. The highest BCUT2D eigenvalue weighted by molar-refractivity contribution is 6.38. The molecular weight excluding hydrogens is 468 g/mol. The molecule has 1 aliphatic heterocycles. The summed E-state index contributed by atoms with van der Waals surface area (Å²) in [6.07, 6.45) is -4.48. The summed E-state index contributed by atoms with van der Waals surface area (Å²) in [5.74, 6) is -0.725. The number of carbonyl (C=O) groups is 1. The molecule has 2 aliphatic rings. The van der Waals surface area contributed by atoms with Crippen molar-refractivity contribution in [3.05, 3.63) is 68.0 Å². The number of amides is 1. The van der Waals surface area contributed by atoms with Crippen molar-refractivity contribution in [1.29, 1.82) is 0 Å². The second kappa shape index (κ2) is 8.67. The fourth-order valence-corrected chi connectivity index (χ4v) is 4.65. The number of ether oxygens (including phenoxy) is 1. The maximum Gasteiger partial charge on any atom is 0.433 e. The molecule has 5 nitrogen and oxygen atoms in total. The van der Waals surface area contributed by atoms with Gasteiger partial charge in [0, 0.05) is 29.6 Å². The lowest BCUT2D eigenvalue weighted by atomic mass is 9.90. The SMILES string of the molecule is CC1C(C(O)c2c(Cl)ccc(C(=O)N3CCOCC3)c2Cl)=Cc2nc(C(F)(F)F)ccc21. The van der Waals surface area contributed by atoms with E-state index in [2.05, 4.69) is 4.98 Å². The van der Waals surface area contributed by atoms with Crippen LogP contribution in [0.3, 0.4) is 0 Å². The number of alkyl halides is 3. The molecule has 0 saturated carbocycles. The van der Waals surface area contributed by atoms with Gasteiger partial charge in [0.25, 0.3) is 5.91 Å². The molecule has 1 aliphatic carbocycles. The number of rotatable bonds is 3. The van der Waals surface area contributed by atoms with E-state index in [0.717, 1.165) is 6.07 Å². The Morgan fingerprint density at radius 2 is 1.91 bits per heavy atom. The number of hydrogen-bond acceptors (Lipinski definition) is 4. The Morgan fingerprint density at radius 1 is 1.22 bits per heavy atom. The average Bonchev–Trinajstić information content (AvgIpc) is 3.09. The molecule has 1 aromatic heterocycles. The summed E-state index contributed by atoms with van der Waals surface area (Å²) >= 11 is 12.9. The van der Waals surface area contributed by atoms with Gasteiger partial charge in [0.2, 0.25) is 0 Å². The smallest absolute Gasteiger partial charge is 0.384 e. The molecule has 1 N–H and O–H groups in total. The van der Waals surface area contributed by atoms with Gasteiger partial charge in [0.15, 0.2) is 0 Å². The summed E-state index contributed by atoms with van der Waals surface area (Å²) in [6.45, 7) is 3.42. The first kappa shape index (κ1) is 23.0. The number of morpholine rings is 1. The van der Waals surface area contributed by atoms with Gasteiger partial charge in [-0.05, 0) is 35.4 Å². The maximum absolute atomic E-state index is 13.0. The number of aliphatic hydroxyl groups is 1. The highest BCUT2D eigenvalue weighted by Crippen LogP contribution is 2.46. The lowest BCUT2D eigenvalue weighted by Gasteiger charge is -2.28. The molecule has 2 unspecified atom stereocenters. The van der Waals surface area contributed by atoms with Gasteiger partial charge >= 0.3 is 6.18 Å². The Labute approximate surface area is 192 Å². The van der Waals surface area contributed by atoms with E-state index < -0.39 is 23.9 Å². The lowest BCUT2D eigenvalue weighted by Crippen LogP contribution is -2.40. The molecule has 32 heavy (non-hydrogen) atoms. The zero-order chi connectivity index (χ0) is 23.2. The highest BCUT2D eigenvalue weighted by atomic mass is 35.5. The quantitative estimate of drug-likeness (QED) is 0.654. The fraction of sp³-hybridized carbons (Fsp3) is 0.364. The average molecular weight is 487 g/mol. The van der Waals surface area contributed by atoms with Gasteiger partial charge in [-0.2, -0.15) is 13.2 Å². The van der Waals surface area contributed by atoms with Crippen LogP contribution < -0.4 is 0 Å². The number of fused-ring (bicyclic) bond motifs is 1. The zero-order valence-corrected chi connectivity index (χ0v) is 18.4. The molecule has 1 fully saturated rings. The standard InChI is InChI=1S/C22H19Cl2F3N2O3/c1-11-12-3-5-17(22(25,26)27)28-16(12)10-14(11)20(30)18-15(23)4-2-13(19(18)24)21(31)29-6-8-32-9-7-29/h2-5,10-11,20,30H,6-9H2,1H3. The predicted molar refractivity (Wildman–Crippen MR) is 114 cm³/mol. The van der Waals surface area contributed by atoms with Crippen molar-refractivity contribution in [1.82, 2.24) is 9.88 Å². The second-order valence-electron chi connectivity index (χ2n) is 7.66.